The topological polar surface area (TPSA) is 69.8 Å². The van der Waals surface area contributed by atoms with Crippen LogP contribution < -0.4 is 10.6 Å². The first-order chi connectivity index (χ1) is 10.7. The molecule has 22 heavy (non-hydrogen) atoms. The number of hydrogen-bond donors (Lipinski definition) is 3. The minimum absolute atomic E-state index is 0.0997. The number of aryl methyl sites for hydroxylation is 1. The standard InChI is InChI=1S/C16H19ClN4O/c17-12-5-3-11(4-6-12)2-1-8-19-16(22)15-13-10-18-9-7-14(13)20-21-15/h3-6,18H,1-2,7-10H2,(H,19,22)(H,20,21). The quantitative estimate of drug-likeness (QED) is 0.739. The maximum atomic E-state index is 12.2. The summed E-state index contributed by atoms with van der Waals surface area (Å²) in [6.45, 7) is 2.27. The van der Waals surface area contributed by atoms with Crippen LogP contribution in [0.5, 0.6) is 0 Å². The van der Waals surface area contributed by atoms with Crippen LogP contribution >= 0.6 is 11.6 Å². The summed E-state index contributed by atoms with van der Waals surface area (Å²) in [7, 11) is 0. The van der Waals surface area contributed by atoms with Crippen LogP contribution in [0.1, 0.15) is 33.7 Å². The van der Waals surface area contributed by atoms with E-state index in [2.05, 4.69) is 20.8 Å². The van der Waals surface area contributed by atoms with Crippen LogP contribution in [0.25, 0.3) is 0 Å². The molecule has 0 unspecified atom stereocenters. The molecule has 0 saturated heterocycles. The summed E-state index contributed by atoms with van der Waals surface area (Å²) in [6, 6.07) is 7.80. The van der Waals surface area contributed by atoms with Gasteiger partial charge in [0.25, 0.3) is 5.91 Å². The number of carbonyl (C=O) groups excluding carboxylic acids is 1. The second-order valence-corrected chi connectivity index (χ2v) is 5.88. The van der Waals surface area contributed by atoms with E-state index in [1.807, 2.05) is 24.3 Å². The largest absolute Gasteiger partial charge is 0.351 e. The normalized spacial score (nSPS) is 13.7. The Morgan fingerprint density at radius 2 is 2.14 bits per heavy atom. The Balaban J connectivity index is 1.48. The SMILES string of the molecule is O=C(NCCCc1ccc(Cl)cc1)c1n[nH]c2c1CNCC2. The molecule has 1 aromatic heterocycles. The minimum atomic E-state index is -0.0997. The number of aromatic amines is 1. The van der Waals surface area contributed by atoms with Crippen LogP contribution in [0.3, 0.4) is 0 Å². The van der Waals surface area contributed by atoms with Crippen LogP contribution in [0.15, 0.2) is 24.3 Å². The lowest BCUT2D eigenvalue weighted by atomic mass is 10.1. The van der Waals surface area contributed by atoms with Gasteiger partial charge in [-0.3, -0.25) is 9.89 Å². The molecule has 0 spiro atoms. The fourth-order valence-electron chi connectivity index (χ4n) is 2.64. The van der Waals surface area contributed by atoms with Crippen LogP contribution in [0.4, 0.5) is 0 Å². The molecule has 0 bridgehead atoms. The number of nitrogens with zero attached hydrogens (tertiary/aromatic N) is 1. The number of halogens is 1. The highest BCUT2D eigenvalue weighted by molar-refractivity contribution is 6.30. The lowest BCUT2D eigenvalue weighted by Crippen LogP contribution is -2.29. The zero-order chi connectivity index (χ0) is 15.4. The average molecular weight is 319 g/mol. The summed E-state index contributed by atoms with van der Waals surface area (Å²) in [6.07, 6.45) is 2.70. The van der Waals surface area contributed by atoms with Crippen molar-refractivity contribution >= 4 is 17.5 Å². The Hall–Kier alpha value is -1.85. The van der Waals surface area contributed by atoms with Crippen molar-refractivity contribution in [1.29, 1.82) is 0 Å². The van der Waals surface area contributed by atoms with Crippen molar-refractivity contribution in [2.75, 3.05) is 13.1 Å². The van der Waals surface area contributed by atoms with Gasteiger partial charge in [-0.1, -0.05) is 23.7 Å². The summed E-state index contributed by atoms with van der Waals surface area (Å²) in [5, 5.41) is 14.1. The van der Waals surface area contributed by atoms with Crippen molar-refractivity contribution in [2.45, 2.75) is 25.8 Å². The van der Waals surface area contributed by atoms with Gasteiger partial charge in [0.05, 0.1) is 0 Å². The molecule has 1 aliphatic heterocycles. The molecule has 2 heterocycles. The predicted molar refractivity (Wildman–Crippen MR) is 86.1 cm³/mol. The number of benzene rings is 1. The zero-order valence-corrected chi connectivity index (χ0v) is 13.0. The van der Waals surface area contributed by atoms with E-state index in [9.17, 15) is 4.79 Å². The van der Waals surface area contributed by atoms with Crippen molar-refractivity contribution in [2.24, 2.45) is 0 Å². The van der Waals surface area contributed by atoms with Gasteiger partial charge in [0.1, 0.15) is 0 Å². The van der Waals surface area contributed by atoms with E-state index in [1.165, 1.54) is 5.56 Å². The Kier molecular flexibility index (Phi) is 4.75. The van der Waals surface area contributed by atoms with Gasteiger partial charge in [-0.25, -0.2) is 0 Å². The van der Waals surface area contributed by atoms with E-state index in [0.29, 0.717) is 18.8 Å². The first kappa shape index (κ1) is 15.1. The summed E-state index contributed by atoms with van der Waals surface area (Å²) in [5.41, 5.74) is 3.82. The molecule has 2 aromatic rings. The molecule has 3 rings (SSSR count). The molecule has 0 saturated carbocycles. The Bertz CT molecular complexity index is 651. The minimum Gasteiger partial charge on any atom is -0.351 e. The first-order valence-electron chi connectivity index (χ1n) is 7.53. The number of fused-ring (bicyclic) bond motifs is 1. The van der Waals surface area contributed by atoms with Crippen molar-refractivity contribution in [1.82, 2.24) is 20.8 Å². The third-order valence-corrected chi connectivity index (χ3v) is 4.11. The molecule has 0 aliphatic carbocycles. The molecular weight excluding hydrogens is 300 g/mol. The highest BCUT2D eigenvalue weighted by Gasteiger charge is 2.20. The Morgan fingerprint density at radius 1 is 1.32 bits per heavy atom. The number of H-pyrrole nitrogens is 1. The fraction of sp³-hybridized carbons (Fsp3) is 0.375. The maximum absolute atomic E-state index is 12.2. The third-order valence-electron chi connectivity index (χ3n) is 3.86. The Morgan fingerprint density at radius 3 is 2.95 bits per heavy atom. The van der Waals surface area contributed by atoms with Gasteiger partial charge < -0.3 is 10.6 Å². The monoisotopic (exact) mass is 318 g/mol. The van der Waals surface area contributed by atoms with E-state index in [0.717, 1.165) is 42.1 Å². The lowest BCUT2D eigenvalue weighted by molar-refractivity contribution is 0.0947. The first-order valence-corrected chi connectivity index (χ1v) is 7.91. The number of rotatable bonds is 5. The van der Waals surface area contributed by atoms with Crippen molar-refractivity contribution in [3.05, 3.63) is 51.8 Å². The number of hydrogen-bond acceptors (Lipinski definition) is 3. The van der Waals surface area contributed by atoms with E-state index in [1.54, 1.807) is 0 Å². The van der Waals surface area contributed by atoms with Crippen molar-refractivity contribution in [3.63, 3.8) is 0 Å². The van der Waals surface area contributed by atoms with Gasteiger partial charge >= 0.3 is 0 Å². The van der Waals surface area contributed by atoms with Crippen molar-refractivity contribution < 1.29 is 4.79 Å². The molecular formula is C16H19ClN4O. The zero-order valence-electron chi connectivity index (χ0n) is 12.3. The third kappa shape index (κ3) is 3.48. The number of carbonyl (C=O) groups is 1. The van der Waals surface area contributed by atoms with E-state index >= 15 is 0 Å². The summed E-state index contributed by atoms with van der Waals surface area (Å²) < 4.78 is 0. The lowest BCUT2D eigenvalue weighted by Gasteiger charge is -2.12. The molecule has 0 radical (unpaired) electrons. The second-order valence-electron chi connectivity index (χ2n) is 5.44. The van der Waals surface area contributed by atoms with Crippen LogP contribution in [-0.4, -0.2) is 29.2 Å². The summed E-state index contributed by atoms with van der Waals surface area (Å²) in [4.78, 5) is 12.2. The molecule has 0 atom stereocenters. The van der Waals surface area contributed by atoms with Crippen LogP contribution in [-0.2, 0) is 19.4 Å². The number of aromatic nitrogens is 2. The molecule has 5 nitrogen and oxygen atoms in total. The molecule has 1 aliphatic rings. The number of nitrogens with one attached hydrogen (secondary N) is 3. The van der Waals surface area contributed by atoms with Gasteiger partial charge in [0, 0.05) is 42.3 Å². The van der Waals surface area contributed by atoms with Gasteiger partial charge in [-0.15, -0.1) is 0 Å². The highest BCUT2D eigenvalue weighted by atomic mass is 35.5. The highest BCUT2D eigenvalue weighted by Crippen LogP contribution is 2.15. The van der Waals surface area contributed by atoms with Crippen LogP contribution in [0, 0.1) is 0 Å². The van der Waals surface area contributed by atoms with Gasteiger partial charge in [-0.05, 0) is 30.5 Å². The Labute approximate surface area is 134 Å². The molecule has 1 amide bonds. The molecule has 0 fully saturated rings. The second kappa shape index (κ2) is 6.94. The number of amides is 1. The molecule has 116 valence electrons. The van der Waals surface area contributed by atoms with Crippen LogP contribution in [0.2, 0.25) is 5.02 Å². The predicted octanol–water partition coefficient (Wildman–Crippen LogP) is 2.07. The fourth-order valence-corrected chi connectivity index (χ4v) is 2.77. The van der Waals surface area contributed by atoms with E-state index in [-0.39, 0.29) is 5.91 Å². The van der Waals surface area contributed by atoms with Gasteiger partial charge in [0.15, 0.2) is 5.69 Å². The molecule has 1 aromatic carbocycles. The molecule has 3 N–H and O–H groups in total. The van der Waals surface area contributed by atoms with E-state index < -0.39 is 0 Å². The van der Waals surface area contributed by atoms with Crippen molar-refractivity contribution in [3.8, 4) is 0 Å². The van der Waals surface area contributed by atoms with E-state index in [4.69, 9.17) is 11.6 Å². The van der Waals surface area contributed by atoms with Gasteiger partial charge in [-0.2, -0.15) is 5.10 Å². The summed E-state index contributed by atoms with van der Waals surface area (Å²) in [5.74, 6) is -0.0997. The average Bonchev–Trinajstić information content (AvgIpc) is 2.97. The smallest absolute Gasteiger partial charge is 0.272 e. The maximum Gasteiger partial charge on any atom is 0.272 e. The van der Waals surface area contributed by atoms with Gasteiger partial charge in [0.2, 0.25) is 0 Å². The molecule has 6 heteroatoms. The summed E-state index contributed by atoms with van der Waals surface area (Å²) >= 11 is 5.86.